The van der Waals surface area contributed by atoms with Gasteiger partial charge < -0.3 is 0 Å². The van der Waals surface area contributed by atoms with Gasteiger partial charge in [0.1, 0.15) is 5.69 Å². The second-order valence-electron chi connectivity index (χ2n) is 5.81. The molecule has 4 aromatic rings. The predicted molar refractivity (Wildman–Crippen MR) is 108 cm³/mol. The number of hydrogen-bond acceptors (Lipinski definition) is 2. The van der Waals surface area contributed by atoms with Crippen molar-refractivity contribution >= 4 is 23.5 Å². The molecule has 4 rings (SSSR count). The van der Waals surface area contributed by atoms with Crippen LogP contribution in [0.1, 0.15) is 5.56 Å². The van der Waals surface area contributed by atoms with Crippen molar-refractivity contribution in [3.63, 3.8) is 0 Å². The number of para-hydroxylation sites is 1. The van der Waals surface area contributed by atoms with Crippen molar-refractivity contribution in [2.45, 2.75) is 0 Å². The van der Waals surface area contributed by atoms with Gasteiger partial charge in [-0.25, -0.2) is 4.68 Å². The Bertz CT molecular complexity index is 1020. The van der Waals surface area contributed by atoms with Crippen molar-refractivity contribution in [2.24, 2.45) is 4.99 Å². The van der Waals surface area contributed by atoms with Gasteiger partial charge in [0.2, 0.25) is 0 Å². The zero-order chi connectivity index (χ0) is 17.8. The number of nitrogens with zero attached hydrogens (tertiary/aromatic N) is 3. The van der Waals surface area contributed by atoms with Crippen LogP contribution >= 0.6 is 11.6 Å². The highest BCUT2D eigenvalue weighted by Gasteiger charge is 2.10. The zero-order valence-corrected chi connectivity index (χ0v) is 14.7. The van der Waals surface area contributed by atoms with E-state index in [-0.39, 0.29) is 0 Å². The van der Waals surface area contributed by atoms with Gasteiger partial charge in [-0.1, -0.05) is 60.1 Å². The van der Waals surface area contributed by atoms with E-state index in [9.17, 15) is 0 Å². The van der Waals surface area contributed by atoms with Crippen LogP contribution in [0, 0.1) is 0 Å². The lowest BCUT2D eigenvalue weighted by Crippen LogP contribution is -1.93. The summed E-state index contributed by atoms with van der Waals surface area (Å²) in [6.45, 7) is 0. The van der Waals surface area contributed by atoms with Crippen LogP contribution in [-0.2, 0) is 0 Å². The number of aromatic nitrogens is 2. The van der Waals surface area contributed by atoms with Gasteiger partial charge >= 0.3 is 0 Å². The molecule has 0 atom stereocenters. The molecule has 1 heterocycles. The summed E-state index contributed by atoms with van der Waals surface area (Å²) < 4.78 is 1.88. The summed E-state index contributed by atoms with van der Waals surface area (Å²) in [4.78, 5) is 4.57. The molecule has 0 radical (unpaired) electrons. The minimum absolute atomic E-state index is 0.700. The Morgan fingerprint density at radius 2 is 1.46 bits per heavy atom. The van der Waals surface area contributed by atoms with Crippen molar-refractivity contribution in [3.05, 3.63) is 102 Å². The lowest BCUT2D eigenvalue weighted by Gasteiger charge is -2.00. The van der Waals surface area contributed by atoms with Crippen LogP contribution in [0.3, 0.4) is 0 Å². The topological polar surface area (TPSA) is 30.2 Å². The zero-order valence-electron chi connectivity index (χ0n) is 14.0. The largest absolute Gasteiger partial charge is 0.256 e. The van der Waals surface area contributed by atoms with Crippen molar-refractivity contribution in [2.75, 3.05) is 0 Å². The lowest BCUT2D eigenvalue weighted by atomic mass is 10.1. The van der Waals surface area contributed by atoms with E-state index >= 15 is 0 Å². The lowest BCUT2D eigenvalue weighted by molar-refractivity contribution is 0.884. The van der Waals surface area contributed by atoms with Crippen LogP contribution in [0.2, 0.25) is 5.02 Å². The molecule has 0 unspecified atom stereocenters. The smallest absolute Gasteiger partial charge is 0.101 e. The highest BCUT2D eigenvalue weighted by Crippen LogP contribution is 2.23. The quantitative estimate of drug-likeness (QED) is 0.415. The fraction of sp³-hybridized carbons (Fsp3) is 0. The third kappa shape index (κ3) is 3.58. The van der Waals surface area contributed by atoms with Gasteiger partial charge in [0, 0.05) is 28.6 Å². The molecule has 3 nitrogen and oxygen atoms in total. The molecule has 0 saturated carbocycles. The Morgan fingerprint density at radius 1 is 0.808 bits per heavy atom. The summed E-state index contributed by atoms with van der Waals surface area (Å²) >= 11 is 5.94. The maximum Gasteiger partial charge on any atom is 0.101 e. The normalized spacial score (nSPS) is 11.1. The molecule has 0 aliphatic rings. The van der Waals surface area contributed by atoms with Gasteiger partial charge in [-0.2, -0.15) is 5.10 Å². The Hall–Kier alpha value is -3.17. The third-order valence-corrected chi connectivity index (χ3v) is 4.24. The monoisotopic (exact) mass is 357 g/mol. The summed E-state index contributed by atoms with van der Waals surface area (Å²) in [6, 6.07) is 27.6. The third-order valence-electron chi connectivity index (χ3n) is 3.99. The van der Waals surface area contributed by atoms with Crippen molar-refractivity contribution in [1.82, 2.24) is 9.78 Å². The van der Waals surface area contributed by atoms with E-state index in [0.717, 1.165) is 28.2 Å². The SMILES string of the molecule is Clc1ccc(N=Cc2cn(-c3ccccc3)nc2-c2ccccc2)cc1. The number of halogens is 1. The van der Waals surface area contributed by atoms with Gasteiger partial charge in [-0.15, -0.1) is 0 Å². The molecule has 126 valence electrons. The van der Waals surface area contributed by atoms with Crippen molar-refractivity contribution in [3.8, 4) is 16.9 Å². The van der Waals surface area contributed by atoms with E-state index < -0.39 is 0 Å². The second-order valence-corrected chi connectivity index (χ2v) is 6.25. The number of hydrogen-bond donors (Lipinski definition) is 0. The van der Waals surface area contributed by atoms with Gasteiger partial charge in [-0.3, -0.25) is 4.99 Å². The van der Waals surface area contributed by atoms with E-state index in [4.69, 9.17) is 16.7 Å². The average Bonchev–Trinajstić information content (AvgIpc) is 3.13. The number of aliphatic imine (C=N–C) groups is 1. The Kier molecular flexibility index (Phi) is 4.63. The van der Waals surface area contributed by atoms with Crippen LogP contribution in [0.25, 0.3) is 16.9 Å². The van der Waals surface area contributed by atoms with E-state index in [1.165, 1.54) is 0 Å². The second kappa shape index (κ2) is 7.38. The fourth-order valence-corrected chi connectivity index (χ4v) is 2.81. The molecule has 4 heteroatoms. The van der Waals surface area contributed by atoms with Crippen molar-refractivity contribution < 1.29 is 0 Å². The van der Waals surface area contributed by atoms with Crippen LogP contribution in [0.4, 0.5) is 5.69 Å². The van der Waals surface area contributed by atoms with Gasteiger partial charge in [-0.05, 0) is 36.4 Å². The maximum atomic E-state index is 5.94. The van der Waals surface area contributed by atoms with E-state index in [0.29, 0.717) is 5.02 Å². The summed E-state index contributed by atoms with van der Waals surface area (Å²) in [6.07, 6.45) is 3.84. The highest BCUT2D eigenvalue weighted by atomic mass is 35.5. The number of benzene rings is 3. The molecule has 0 N–H and O–H groups in total. The predicted octanol–water partition coefficient (Wildman–Crippen LogP) is 5.94. The summed E-state index contributed by atoms with van der Waals surface area (Å²) in [5, 5.41) is 5.48. The van der Waals surface area contributed by atoms with Gasteiger partial charge in [0.25, 0.3) is 0 Å². The van der Waals surface area contributed by atoms with E-state index in [1.807, 2.05) is 89.9 Å². The van der Waals surface area contributed by atoms with Crippen LogP contribution < -0.4 is 0 Å². The van der Waals surface area contributed by atoms with Gasteiger partial charge in [0.05, 0.1) is 11.4 Å². The minimum atomic E-state index is 0.700. The summed E-state index contributed by atoms with van der Waals surface area (Å²) in [7, 11) is 0. The Balaban J connectivity index is 1.76. The van der Waals surface area contributed by atoms with Crippen molar-refractivity contribution in [1.29, 1.82) is 0 Å². The standard InChI is InChI=1S/C22H16ClN3/c23-19-11-13-20(14-12-19)24-15-18-16-26(21-9-5-2-6-10-21)25-22(18)17-7-3-1-4-8-17/h1-16H. The first-order valence-electron chi connectivity index (χ1n) is 8.30. The molecule has 0 aliphatic carbocycles. The molecular weight excluding hydrogens is 342 g/mol. The molecule has 3 aromatic carbocycles. The highest BCUT2D eigenvalue weighted by molar-refractivity contribution is 6.30. The van der Waals surface area contributed by atoms with Crippen LogP contribution in [-0.4, -0.2) is 16.0 Å². The van der Waals surface area contributed by atoms with E-state index in [1.54, 1.807) is 0 Å². The molecule has 0 spiro atoms. The fourth-order valence-electron chi connectivity index (χ4n) is 2.69. The maximum absolute atomic E-state index is 5.94. The average molecular weight is 358 g/mol. The first-order valence-corrected chi connectivity index (χ1v) is 8.67. The molecule has 1 aromatic heterocycles. The van der Waals surface area contributed by atoms with Crippen LogP contribution in [0.15, 0.2) is 96.1 Å². The first kappa shape index (κ1) is 16.3. The number of rotatable bonds is 4. The first-order chi connectivity index (χ1) is 12.8. The summed E-state index contributed by atoms with van der Waals surface area (Å²) in [5.74, 6) is 0. The van der Waals surface area contributed by atoms with Gasteiger partial charge in [0.15, 0.2) is 0 Å². The molecule has 0 fully saturated rings. The Morgan fingerprint density at radius 3 is 2.15 bits per heavy atom. The molecule has 26 heavy (non-hydrogen) atoms. The molecule has 0 aliphatic heterocycles. The molecule has 0 bridgehead atoms. The molecule has 0 amide bonds. The Labute approximate surface area is 157 Å². The minimum Gasteiger partial charge on any atom is -0.256 e. The molecular formula is C22H16ClN3. The summed E-state index contributed by atoms with van der Waals surface area (Å²) in [5.41, 5.74) is 4.76. The molecule has 0 saturated heterocycles. The van der Waals surface area contributed by atoms with E-state index in [2.05, 4.69) is 17.1 Å². The van der Waals surface area contributed by atoms with Crippen LogP contribution in [0.5, 0.6) is 0 Å².